The summed E-state index contributed by atoms with van der Waals surface area (Å²) in [6.07, 6.45) is 0. The second-order valence-electron chi connectivity index (χ2n) is 4.44. The molecule has 0 N–H and O–H groups in total. The van der Waals surface area contributed by atoms with Crippen molar-refractivity contribution in [3.63, 3.8) is 0 Å². The second kappa shape index (κ2) is 7.23. The molecule has 0 aromatic heterocycles. The van der Waals surface area contributed by atoms with Gasteiger partial charge in [0.05, 0.1) is 9.79 Å². The molecule has 0 saturated carbocycles. The van der Waals surface area contributed by atoms with E-state index in [1.54, 1.807) is 0 Å². The molecule has 1 aromatic rings. The maximum atomic E-state index is 13.9. The Bertz CT molecular complexity index is 542. The third kappa shape index (κ3) is 3.86. The molecule has 1 rings (SSSR count). The van der Waals surface area contributed by atoms with E-state index in [9.17, 15) is 27.2 Å². The van der Waals surface area contributed by atoms with E-state index >= 15 is 0 Å². The van der Waals surface area contributed by atoms with Crippen molar-refractivity contribution in [3.8, 4) is 0 Å². The number of hydrogen-bond acceptors (Lipinski definition) is 4. The molecule has 122 valence electrons. The van der Waals surface area contributed by atoms with E-state index in [2.05, 4.69) is 0 Å². The summed E-state index contributed by atoms with van der Waals surface area (Å²) in [5.74, 6) is -6.86. The van der Waals surface area contributed by atoms with Crippen LogP contribution in [0.3, 0.4) is 0 Å². The summed E-state index contributed by atoms with van der Waals surface area (Å²) < 4.78 is 55.5. The average Bonchev–Trinajstić information content (AvgIpc) is 2.45. The van der Waals surface area contributed by atoms with Crippen molar-refractivity contribution in [2.75, 3.05) is 28.2 Å². The van der Waals surface area contributed by atoms with Crippen molar-refractivity contribution in [3.05, 3.63) is 23.3 Å². The fraction of sp³-hybridized carbons (Fsp3) is 0.333. The molecule has 0 heterocycles. The smallest absolute Gasteiger partial charge is 0.286 e. The molecule has 0 fully saturated rings. The Labute approximate surface area is 132 Å². The number of amides is 2. The second-order valence-corrected chi connectivity index (χ2v) is 6.36. The molecule has 0 aliphatic carbocycles. The van der Waals surface area contributed by atoms with Crippen molar-refractivity contribution in [1.82, 2.24) is 9.80 Å². The van der Waals surface area contributed by atoms with Gasteiger partial charge in [-0.1, -0.05) is 0 Å². The first-order valence-corrected chi connectivity index (χ1v) is 7.35. The summed E-state index contributed by atoms with van der Waals surface area (Å²) in [6, 6.07) is 0. The van der Waals surface area contributed by atoms with Gasteiger partial charge >= 0.3 is 0 Å². The van der Waals surface area contributed by atoms with E-state index in [1.165, 1.54) is 28.2 Å². The lowest BCUT2D eigenvalue weighted by Gasteiger charge is -2.14. The fourth-order valence-electron chi connectivity index (χ4n) is 1.13. The van der Waals surface area contributed by atoms with E-state index < -0.39 is 43.5 Å². The van der Waals surface area contributed by atoms with Crippen LogP contribution in [0, 0.1) is 23.3 Å². The molecular weight excluding hydrogens is 344 g/mol. The lowest BCUT2D eigenvalue weighted by molar-refractivity contribution is 0.240. The highest BCUT2D eigenvalue weighted by molar-refractivity contribution is 8.14. The summed E-state index contributed by atoms with van der Waals surface area (Å²) >= 11 is 0.0391. The minimum absolute atomic E-state index is 0.0196. The van der Waals surface area contributed by atoms with Crippen LogP contribution in [-0.4, -0.2) is 48.5 Å². The first-order chi connectivity index (χ1) is 10.1. The highest BCUT2D eigenvalue weighted by Gasteiger charge is 2.29. The van der Waals surface area contributed by atoms with E-state index in [1.807, 2.05) is 0 Å². The minimum atomic E-state index is -1.71. The zero-order chi connectivity index (χ0) is 17.2. The van der Waals surface area contributed by atoms with Gasteiger partial charge in [-0.05, 0) is 23.5 Å². The maximum Gasteiger partial charge on any atom is 0.286 e. The van der Waals surface area contributed by atoms with E-state index in [0.29, 0.717) is 0 Å². The monoisotopic (exact) mass is 356 g/mol. The van der Waals surface area contributed by atoms with Crippen LogP contribution in [0.25, 0.3) is 0 Å². The summed E-state index contributed by atoms with van der Waals surface area (Å²) in [5.41, 5.74) is 0. The number of carbonyl (C=O) groups excluding carboxylic acids is 2. The lowest BCUT2D eigenvalue weighted by atomic mass is 10.3. The average molecular weight is 356 g/mol. The number of halogens is 4. The first-order valence-electron chi connectivity index (χ1n) is 5.72. The maximum absolute atomic E-state index is 13.9. The highest BCUT2D eigenvalue weighted by atomic mass is 32.2. The minimum Gasteiger partial charge on any atom is -0.339 e. The Morgan fingerprint density at radius 1 is 0.682 bits per heavy atom. The molecular formula is C12H12F4N2O2S2. The van der Waals surface area contributed by atoms with Crippen LogP contribution in [0.15, 0.2) is 9.79 Å². The molecule has 22 heavy (non-hydrogen) atoms. The van der Waals surface area contributed by atoms with Gasteiger partial charge in [0.25, 0.3) is 10.5 Å². The van der Waals surface area contributed by atoms with Gasteiger partial charge in [0, 0.05) is 28.2 Å². The van der Waals surface area contributed by atoms with Gasteiger partial charge < -0.3 is 9.80 Å². The predicted octanol–water partition coefficient (Wildman–Crippen LogP) is 3.79. The number of benzene rings is 1. The molecule has 4 nitrogen and oxygen atoms in total. The molecule has 10 heteroatoms. The van der Waals surface area contributed by atoms with Crippen LogP contribution in [0.2, 0.25) is 0 Å². The molecule has 1 aromatic carbocycles. The Morgan fingerprint density at radius 2 is 0.909 bits per heavy atom. The predicted molar refractivity (Wildman–Crippen MR) is 76.2 cm³/mol. The molecule has 0 radical (unpaired) electrons. The standard InChI is InChI=1S/C12H12F4N2O2S2/c1-17(2)11(19)21-9-5(13)7(15)10(8(16)6(9)14)22-12(20)18(3)4/h1-4H3. The number of hydrogen-bond donors (Lipinski definition) is 0. The zero-order valence-electron chi connectivity index (χ0n) is 12.0. The SMILES string of the molecule is CN(C)C(=O)Sc1c(F)c(F)c(SC(=O)N(C)C)c(F)c1F. The summed E-state index contributed by atoms with van der Waals surface area (Å²) in [6.45, 7) is 0. The molecule has 0 aliphatic heterocycles. The van der Waals surface area contributed by atoms with E-state index in [0.717, 1.165) is 9.80 Å². The number of rotatable bonds is 2. The van der Waals surface area contributed by atoms with Crippen molar-refractivity contribution in [2.45, 2.75) is 9.79 Å². The molecule has 0 unspecified atom stereocenters. The van der Waals surface area contributed by atoms with Gasteiger partial charge in [0.2, 0.25) is 0 Å². The van der Waals surface area contributed by atoms with Crippen LogP contribution < -0.4 is 0 Å². The van der Waals surface area contributed by atoms with Gasteiger partial charge in [0.1, 0.15) is 0 Å². The van der Waals surface area contributed by atoms with Crippen molar-refractivity contribution in [2.24, 2.45) is 0 Å². The van der Waals surface area contributed by atoms with Crippen LogP contribution in [-0.2, 0) is 0 Å². The quantitative estimate of drug-likeness (QED) is 0.459. The highest BCUT2D eigenvalue weighted by Crippen LogP contribution is 2.37. The lowest BCUT2D eigenvalue weighted by Crippen LogP contribution is -2.18. The number of thioether (sulfide) groups is 2. The van der Waals surface area contributed by atoms with Crippen molar-refractivity contribution in [1.29, 1.82) is 0 Å². The van der Waals surface area contributed by atoms with Crippen LogP contribution >= 0.6 is 23.5 Å². The Kier molecular flexibility index (Phi) is 6.12. The summed E-state index contributed by atoms with van der Waals surface area (Å²) in [7, 11) is 5.27. The van der Waals surface area contributed by atoms with Crippen LogP contribution in [0.1, 0.15) is 0 Å². The third-order valence-electron chi connectivity index (χ3n) is 2.29. The Hall–Kier alpha value is -1.42. The fourth-order valence-corrected chi connectivity index (χ4v) is 2.56. The first kappa shape index (κ1) is 18.6. The molecule has 0 spiro atoms. The normalized spacial score (nSPS) is 10.5. The third-order valence-corrected chi connectivity index (χ3v) is 4.50. The zero-order valence-corrected chi connectivity index (χ0v) is 13.7. The van der Waals surface area contributed by atoms with Gasteiger partial charge in [-0.2, -0.15) is 0 Å². The summed E-state index contributed by atoms with van der Waals surface area (Å²) in [4.78, 5) is 22.7. The number of carbonyl (C=O) groups is 2. The van der Waals surface area contributed by atoms with Gasteiger partial charge in [-0.3, -0.25) is 9.59 Å². The molecule has 0 bridgehead atoms. The number of nitrogens with zero attached hydrogens (tertiary/aromatic N) is 2. The van der Waals surface area contributed by atoms with Crippen molar-refractivity contribution < 1.29 is 27.2 Å². The Morgan fingerprint density at radius 3 is 1.09 bits per heavy atom. The van der Waals surface area contributed by atoms with Gasteiger partial charge in [-0.25, -0.2) is 17.6 Å². The largest absolute Gasteiger partial charge is 0.339 e. The summed E-state index contributed by atoms with van der Waals surface area (Å²) in [5, 5.41) is -1.61. The molecule has 0 aliphatic rings. The molecule has 2 amide bonds. The van der Waals surface area contributed by atoms with Gasteiger partial charge in [-0.15, -0.1) is 0 Å². The topological polar surface area (TPSA) is 40.6 Å². The van der Waals surface area contributed by atoms with Crippen LogP contribution in [0.5, 0.6) is 0 Å². The van der Waals surface area contributed by atoms with Crippen LogP contribution in [0.4, 0.5) is 27.2 Å². The molecule has 0 atom stereocenters. The van der Waals surface area contributed by atoms with E-state index in [4.69, 9.17) is 0 Å². The molecule has 0 saturated heterocycles. The van der Waals surface area contributed by atoms with E-state index in [-0.39, 0.29) is 23.5 Å². The van der Waals surface area contributed by atoms with Crippen molar-refractivity contribution >= 4 is 34.0 Å². The Balaban J connectivity index is 3.32. The van der Waals surface area contributed by atoms with Gasteiger partial charge in [0.15, 0.2) is 23.3 Å².